The normalized spacial score (nSPS) is 11.7. The largest absolute Gasteiger partial charge is 0.479 e. The van der Waals surface area contributed by atoms with Crippen molar-refractivity contribution in [2.75, 3.05) is 0 Å². The summed E-state index contributed by atoms with van der Waals surface area (Å²) in [6, 6.07) is 10.3. The number of benzene rings is 1. The Morgan fingerprint density at radius 3 is 2.45 bits per heavy atom. The fourth-order valence-electron chi connectivity index (χ4n) is 1.70. The van der Waals surface area contributed by atoms with Gasteiger partial charge in [-0.15, -0.1) is 0 Å². The van der Waals surface area contributed by atoms with Crippen LogP contribution in [0.3, 0.4) is 0 Å². The molecular weight excluding hydrogens is 280 g/mol. The predicted molar refractivity (Wildman–Crippen MR) is 73.5 cm³/mol. The van der Waals surface area contributed by atoms with Gasteiger partial charge in [0.15, 0.2) is 6.04 Å². The molecule has 0 bridgehead atoms. The first-order valence-corrected chi connectivity index (χ1v) is 6.16. The average Bonchev–Trinajstić information content (AvgIpc) is 2.45. The summed E-state index contributed by atoms with van der Waals surface area (Å²) in [6.45, 7) is 0. The first-order chi connectivity index (χ1) is 9.59. The molecule has 0 aliphatic rings. The number of hydrogen-bond acceptors (Lipinski definition) is 3. The average molecular weight is 291 g/mol. The molecule has 0 saturated heterocycles. The molecule has 1 aromatic carbocycles. The van der Waals surface area contributed by atoms with Gasteiger partial charge in [0.2, 0.25) is 0 Å². The van der Waals surface area contributed by atoms with Gasteiger partial charge in [-0.05, 0) is 17.7 Å². The lowest BCUT2D eigenvalue weighted by Crippen LogP contribution is -2.33. The number of nitrogens with one attached hydrogen (secondary N) is 1. The van der Waals surface area contributed by atoms with Gasteiger partial charge in [-0.1, -0.05) is 41.9 Å². The molecule has 0 aliphatic heterocycles. The molecule has 20 heavy (non-hydrogen) atoms. The van der Waals surface area contributed by atoms with Crippen LogP contribution >= 0.6 is 11.6 Å². The molecule has 0 aliphatic carbocycles. The third kappa shape index (κ3) is 3.13. The number of carboxylic acids is 1. The molecule has 1 heterocycles. The van der Waals surface area contributed by atoms with E-state index in [1.807, 2.05) is 0 Å². The third-order valence-corrected chi connectivity index (χ3v) is 2.96. The van der Waals surface area contributed by atoms with Crippen LogP contribution in [-0.4, -0.2) is 22.0 Å². The monoisotopic (exact) mass is 290 g/mol. The highest BCUT2D eigenvalue weighted by Crippen LogP contribution is 2.16. The summed E-state index contributed by atoms with van der Waals surface area (Å²) in [5, 5.41) is 11.7. The number of carbonyl (C=O) groups excluding carboxylic acids is 1. The molecule has 0 radical (unpaired) electrons. The van der Waals surface area contributed by atoms with Gasteiger partial charge in [0, 0.05) is 6.20 Å². The molecule has 2 aromatic rings. The van der Waals surface area contributed by atoms with Gasteiger partial charge in [0.25, 0.3) is 5.91 Å². The summed E-state index contributed by atoms with van der Waals surface area (Å²) in [6.07, 6.45) is 1.45. The maximum absolute atomic E-state index is 12.1. The Labute approximate surface area is 120 Å². The molecule has 5 nitrogen and oxygen atoms in total. The maximum Gasteiger partial charge on any atom is 0.330 e. The van der Waals surface area contributed by atoms with Crippen LogP contribution in [-0.2, 0) is 4.79 Å². The number of carbonyl (C=O) groups is 2. The number of nitrogens with zero attached hydrogens (tertiary/aromatic N) is 1. The number of carboxylic acid groups (broad SMARTS) is 1. The van der Waals surface area contributed by atoms with Crippen LogP contribution in [0, 0.1) is 0 Å². The number of amides is 1. The van der Waals surface area contributed by atoms with Crippen LogP contribution in [0.2, 0.25) is 5.15 Å². The van der Waals surface area contributed by atoms with Gasteiger partial charge in [0.05, 0.1) is 5.56 Å². The summed E-state index contributed by atoms with van der Waals surface area (Å²) in [7, 11) is 0. The smallest absolute Gasteiger partial charge is 0.330 e. The van der Waals surface area contributed by atoms with E-state index in [-0.39, 0.29) is 10.7 Å². The Morgan fingerprint density at radius 1 is 1.15 bits per heavy atom. The predicted octanol–water partition coefficient (Wildman–Crippen LogP) is 2.29. The summed E-state index contributed by atoms with van der Waals surface area (Å²) in [5.41, 5.74) is 0.615. The van der Waals surface area contributed by atoms with Gasteiger partial charge in [-0.25, -0.2) is 9.78 Å². The summed E-state index contributed by atoms with van der Waals surface area (Å²) in [4.78, 5) is 27.1. The van der Waals surface area contributed by atoms with Crippen LogP contribution < -0.4 is 5.32 Å². The standard InChI is InChI=1S/C14H11ClN2O3/c15-12-10(7-4-8-16-12)13(18)17-11(14(19)20)9-5-2-1-3-6-9/h1-8,11H,(H,17,18)(H,19,20). The van der Waals surface area contributed by atoms with Crippen molar-refractivity contribution in [1.29, 1.82) is 0 Å². The fourth-order valence-corrected chi connectivity index (χ4v) is 1.90. The highest BCUT2D eigenvalue weighted by molar-refractivity contribution is 6.32. The Kier molecular flexibility index (Phi) is 4.32. The maximum atomic E-state index is 12.1. The zero-order valence-electron chi connectivity index (χ0n) is 10.3. The molecule has 0 saturated carbocycles. The number of aromatic nitrogens is 1. The zero-order chi connectivity index (χ0) is 14.5. The molecule has 1 amide bonds. The first-order valence-electron chi connectivity index (χ1n) is 5.78. The Bertz CT molecular complexity index is 631. The van der Waals surface area contributed by atoms with Crippen LogP contribution in [0.5, 0.6) is 0 Å². The highest BCUT2D eigenvalue weighted by Gasteiger charge is 2.23. The van der Waals surface area contributed by atoms with Gasteiger partial charge in [-0.2, -0.15) is 0 Å². The van der Waals surface area contributed by atoms with Crippen molar-refractivity contribution < 1.29 is 14.7 Å². The van der Waals surface area contributed by atoms with E-state index in [1.54, 1.807) is 36.4 Å². The van der Waals surface area contributed by atoms with Crippen molar-refractivity contribution in [3.8, 4) is 0 Å². The van der Waals surface area contributed by atoms with Crippen LogP contribution in [0.4, 0.5) is 0 Å². The number of hydrogen-bond donors (Lipinski definition) is 2. The highest BCUT2D eigenvalue weighted by atomic mass is 35.5. The molecule has 1 aromatic heterocycles. The minimum Gasteiger partial charge on any atom is -0.479 e. The van der Waals surface area contributed by atoms with Crippen molar-refractivity contribution in [3.63, 3.8) is 0 Å². The molecule has 1 atom stereocenters. The molecule has 2 rings (SSSR count). The van der Waals surface area contributed by atoms with Crippen LogP contribution in [0.15, 0.2) is 48.7 Å². The summed E-state index contributed by atoms with van der Waals surface area (Å²) >= 11 is 5.81. The lowest BCUT2D eigenvalue weighted by molar-refractivity contribution is -0.139. The van der Waals surface area contributed by atoms with E-state index >= 15 is 0 Å². The van der Waals surface area contributed by atoms with Crippen molar-refractivity contribution in [3.05, 3.63) is 64.9 Å². The second-order valence-electron chi connectivity index (χ2n) is 4.00. The van der Waals surface area contributed by atoms with Crippen molar-refractivity contribution >= 4 is 23.5 Å². The van der Waals surface area contributed by atoms with Crippen LogP contribution in [0.25, 0.3) is 0 Å². The van der Waals surface area contributed by atoms with Crippen LogP contribution in [0.1, 0.15) is 22.0 Å². The molecular formula is C14H11ClN2O3. The third-order valence-electron chi connectivity index (χ3n) is 2.66. The molecule has 2 N–H and O–H groups in total. The van der Waals surface area contributed by atoms with Gasteiger partial charge >= 0.3 is 5.97 Å². The van der Waals surface area contributed by atoms with Crippen molar-refractivity contribution in [1.82, 2.24) is 10.3 Å². The molecule has 1 unspecified atom stereocenters. The van der Waals surface area contributed by atoms with E-state index < -0.39 is 17.9 Å². The first kappa shape index (κ1) is 14.0. The van der Waals surface area contributed by atoms with Gasteiger partial charge in [-0.3, -0.25) is 4.79 Å². The van der Waals surface area contributed by atoms with E-state index in [2.05, 4.69) is 10.3 Å². The zero-order valence-corrected chi connectivity index (χ0v) is 11.0. The topological polar surface area (TPSA) is 79.3 Å². The van der Waals surface area contributed by atoms with E-state index in [4.69, 9.17) is 11.6 Å². The summed E-state index contributed by atoms with van der Waals surface area (Å²) in [5.74, 6) is -1.73. The SMILES string of the molecule is O=C(NC(C(=O)O)c1ccccc1)c1cccnc1Cl. The van der Waals surface area contributed by atoms with Crippen molar-refractivity contribution in [2.45, 2.75) is 6.04 Å². The number of rotatable bonds is 4. The second kappa shape index (κ2) is 6.16. The van der Waals surface area contributed by atoms with E-state index in [0.29, 0.717) is 5.56 Å². The lowest BCUT2D eigenvalue weighted by Gasteiger charge is -2.15. The van der Waals surface area contributed by atoms with E-state index in [9.17, 15) is 14.7 Å². The summed E-state index contributed by atoms with van der Waals surface area (Å²) < 4.78 is 0. The second-order valence-corrected chi connectivity index (χ2v) is 4.36. The molecule has 0 fully saturated rings. The number of aliphatic carboxylic acids is 1. The van der Waals surface area contributed by atoms with Crippen molar-refractivity contribution in [2.24, 2.45) is 0 Å². The Morgan fingerprint density at radius 2 is 1.85 bits per heavy atom. The lowest BCUT2D eigenvalue weighted by atomic mass is 10.1. The Hall–Kier alpha value is -2.40. The van der Waals surface area contributed by atoms with Gasteiger partial charge in [0.1, 0.15) is 5.15 Å². The minimum atomic E-state index is -1.15. The number of pyridine rings is 1. The van der Waals surface area contributed by atoms with E-state index in [0.717, 1.165) is 0 Å². The molecule has 0 spiro atoms. The minimum absolute atomic E-state index is 0.0298. The fraction of sp³-hybridized carbons (Fsp3) is 0.0714. The molecule has 102 valence electrons. The quantitative estimate of drug-likeness (QED) is 0.847. The van der Waals surface area contributed by atoms with E-state index in [1.165, 1.54) is 12.3 Å². The Balaban J connectivity index is 2.24. The molecule has 6 heteroatoms. The van der Waals surface area contributed by atoms with Gasteiger partial charge < -0.3 is 10.4 Å². The number of halogens is 1.